The van der Waals surface area contributed by atoms with Crippen LogP contribution in [0.25, 0.3) is 16.8 Å². The molecule has 0 unspecified atom stereocenters. The van der Waals surface area contributed by atoms with E-state index in [0.717, 1.165) is 28.2 Å². The molecule has 3 aromatic rings. The lowest BCUT2D eigenvalue weighted by atomic mass is 10.1. The van der Waals surface area contributed by atoms with Gasteiger partial charge in [-0.1, -0.05) is 5.16 Å². The molecular formula is C12H11N3O. The molecule has 0 amide bonds. The van der Waals surface area contributed by atoms with E-state index in [-0.39, 0.29) is 0 Å². The molecule has 0 atom stereocenters. The van der Waals surface area contributed by atoms with Gasteiger partial charge in [0.25, 0.3) is 0 Å². The maximum atomic E-state index is 5.17. The van der Waals surface area contributed by atoms with Gasteiger partial charge in [-0.3, -0.25) is 0 Å². The van der Waals surface area contributed by atoms with Crippen molar-refractivity contribution in [2.75, 3.05) is 0 Å². The smallest absolute Gasteiger partial charge is 0.141 e. The van der Waals surface area contributed by atoms with Crippen molar-refractivity contribution in [1.29, 1.82) is 0 Å². The van der Waals surface area contributed by atoms with Crippen molar-refractivity contribution < 1.29 is 4.52 Å². The summed E-state index contributed by atoms with van der Waals surface area (Å²) in [6.07, 6.45) is 5.75. The van der Waals surface area contributed by atoms with Crippen LogP contribution in [0.5, 0.6) is 0 Å². The van der Waals surface area contributed by atoms with Crippen LogP contribution in [-0.4, -0.2) is 14.5 Å². The molecule has 0 aliphatic carbocycles. The lowest BCUT2D eigenvalue weighted by Crippen LogP contribution is -1.87. The first kappa shape index (κ1) is 9.15. The number of imidazole rings is 1. The number of hydrogen-bond donors (Lipinski definition) is 0. The Morgan fingerprint density at radius 1 is 1.25 bits per heavy atom. The van der Waals surface area contributed by atoms with Crippen molar-refractivity contribution >= 4 is 5.65 Å². The first-order valence-corrected chi connectivity index (χ1v) is 5.11. The van der Waals surface area contributed by atoms with Crippen LogP contribution in [0, 0.1) is 13.8 Å². The average molecular weight is 213 g/mol. The Balaban J connectivity index is 2.25. The minimum Gasteiger partial charge on any atom is -0.361 e. The van der Waals surface area contributed by atoms with Crippen molar-refractivity contribution in [3.63, 3.8) is 0 Å². The van der Waals surface area contributed by atoms with E-state index in [0.29, 0.717) is 0 Å². The Morgan fingerprint density at radius 2 is 2.12 bits per heavy atom. The van der Waals surface area contributed by atoms with Crippen molar-refractivity contribution in [3.05, 3.63) is 42.2 Å². The molecule has 0 fully saturated rings. The van der Waals surface area contributed by atoms with Gasteiger partial charge in [-0.15, -0.1) is 0 Å². The third-order valence-electron chi connectivity index (χ3n) is 2.71. The summed E-state index contributed by atoms with van der Waals surface area (Å²) in [5.41, 5.74) is 4.02. The van der Waals surface area contributed by atoms with E-state index in [1.807, 2.05) is 42.8 Å². The van der Waals surface area contributed by atoms with E-state index in [1.54, 1.807) is 6.20 Å². The minimum atomic E-state index is 0.844. The van der Waals surface area contributed by atoms with Gasteiger partial charge in [-0.25, -0.2) is 4.98 Å². The van der Waals surface area contributed by atoms with Crippen LogP contribution in [0.4, 0.5) is 0 Å². The quantitative estimate of drug-likeness (QED) is 0.624. The fourth-order valence-corrected chi connectivity index (χ4v) is 1.96. The molecule has 80 valence electrons. The van der Waals surface area contributed by atoms with E-state index >= 15 is 0 Å². The Bertz CT molecular complexity index is 632. The Morgan fingerprint density at radius 3 is 2.88 bits per heavy atom. The van der Waals surface area contributed by atoms with Crippen LogP contribution in [-0.2, 0) is 0 Å². The molecule has 0 aliphatic heterocycles. The molecule has 0 saturated heterocycles. The lowest BCUT2D eigenvalue weighted by molar-refractivity contribution is 0.393. The molecule has 3 aromatic heterocycles. The molecular weight excluding hydrogens is 202 g/mol. The topological polar surface area (TPSA) is 43.3 Å². The second-order valence-corrected chi connectivity index (χ2v) is 3.81. The Hall–Kier alpha value is -2.10. The first-order chi connectivity index (χ1) is 7.75. The Labute approximate surface area is 92.5 Å². The standard InChI is InChI=1S/C12H11N3O/c1-8-12(9(2)16-14-8)10-3-4-11-13-5-6-15(11)7-10/h3-7H,1-2H3. The molecule has 0 radical (unpaired) electrons. The normalized spacial score (nSPS) is 11.1. The van der Waals surface area contributed by atoms with Crippen LogP contribution < -0.4 is 0 Å². The van der Waals surface area contributed by atoms with Gasteiger partial charge >= 0.3 is 0 Å². The summed E-state index contributed by atoms with van der Waals surface area (Å²) in [6.45, 7) is 3.87. The zero-order valence-corrected chi connectivity index (χ0v) is 9.14. The van der Waals surface area contributed by atoms with E-state index in [4.69, 9.17) is 4.52 Å². The SMILES string of the molecule is Cc1noc(C)c1-c1ccc2nccn2c1. The number of nitrogens with zero attached hydrogens (tertiary/aromatic N) is 3. The van der Waals surface area contributed by atoms with Gasteiger partial charge in [0.05, 0.1) is 5.69 Å². The van der Waals surface area contributed by atoms with Gasteiger partial charge in [0.2, 0.25) is 0 Å². The van der Waals surface area contributed by atoms with Gasteiger partial charge in [0.1, 0.15) is 11.4 Å². The number of rotatable bonds is 1. The molecule has 4 nitrogen and oxygen atoms in total. The molecule has 0 aromatic carbocycles. The van der Waals surface area contributed by atoms with Crippen LogP contribution in [0.15, 0.2) is 35.2 Å². The second kappa shape index (κ2) is 3.20. The highest BCUT2D eigenvalue weighted by Gasteiger charge is 2.11. The molecule has 0 bridgehead atoms. The average Bonchev–Trinajstić information content (AvgIpc) is 2.85. The molecule has 16 heavy (non-hydrogen) atoms. The van der Waals surface area contributed by atoms with Crippen LogP contribution in [0.2, 0.25) is 0 Å². The summed E-state index contributed by atoms with van der Waals surface area (Å²) in [7, 11) is 0. The predicted molar refractivity (Wildman–Crippen MR) is 60.2 cm³/mol. The van der Waals surface area contributed by atoms with E-state index < -0.39 is 0 Å². The van der Waals surface area contributed by atoms with E-state index in [1.165, 1.54) is 0 Å². The van der Waals surface area contributed by atoms with Crippen LogP contribution in [0.1, 0.15) is 11.5 Å². The second-order valence-electron chi connectivity index (χ2n) is 3.81. The third kappa shape index (κ3) is 1.23. The zero-order valence-electron chi connectivity index (χ0n) is 9.14. The van der Waals surface area contributed by atoms with E-state index in [2.05, 4.69) is 10.1 Å². The number of aromatic nitrogens is 3. The molecule has 3 rings (SSSR count). The zero-order chi connectivity index (χ0) is 11.1. The number of pyridine rings is 1. The number of fused-ring (bicyclic) bond motifs is 1. The minimum absolute atomic E-state index is 0.844. The highest BCUT2D eigenvalue weighted by atomic mass is 16.5. The van der Waals surface area contributed by atoms with E-state index in [9.17, 15) is 0 Å². The highest BCUT2D eigenvalue weighted by molar-refractivity contribution is 5.68. The van der Waals surface area contributed by atoms with Crippen molar-refractivity contribution in [1.82, 2.24) is 14.5 Å². The van der Waals surface area contributed by atoms with Crippen molar-refractivity contribution in [2.45, 2.75) is 13.8 Å². The van der Waals surface area contributed by atoms with Gasteiger partial charge in [-0.2, -0.15) is 0 Å². The van der Waals surface area contributed by atoms with Crippen molar-refractivity contribution in [3.8, 4) is 11.1 Å². The lowest BCUT2D eigenvalue weighted by Gasteiger charge is -2.01. The molecule has 0 aliphatic rings. The molecule has 0 saturated carbocycles. The van der Waals surface area contributed by atoms with Gasteiger partial charge < -0.3 is 8.92 Å². The summed E-state index contributed by atoms with van der Waals surface area (Å²) >= 11 is 0. The van der Waals surface area contributed by atoms with Gasteiger partial charge in [0.15, 0.2) is 0 Å². The monoisotopic (exact) mass is 213 g/mol. The van der Waals surface area contributed by atoms with Crippen LogP contribution >= 0.6 is 0 Å². The maximum Gasteiger partial charge on any atom is 0.141 e. The predicted octanol–water partition coefficient (Wildman–Crippen LogP) is 2.61. The third-order valence-corrected chi connectivity index (χ3v) is 2.71. The van der Waals surface area contributed by atoms with Crippen molar-refractivity contribution in [2.24, 2.45) is 0 Å². The maximum absolute atomic E-state index is 5.17. The van der Waals surface area contributed by atoms with Gasteiger partial charge in [-0.05, 0) is 26.0 Å². The fourth-order valence-electron chi connectivity index (χ4n) is 1.96. The highest BCUT2D eigenvalue weighted by Crippen LogP contribution is 2.26. The molecule has 3 heterocycles. The summed E-state index contributed by atoms with van der Waals surface area (Å²) in [5.74, 6) is 0.844. The fraction of sp³-hybridized carbons (Fsp3) is 0.167. The number of hydrogen-bond acceptors (Lipinski definition) is 3. The largest absolute Gasteiger partial charge is 0.361 e. The summed E-state index contributed by atoms with van der Waals surface area (Å²) < 4.78 is 7.16. The van der Waals surface area contributed by atoms with Crippen LogP contribution in [0.3, 0.4) is 0 Å². The molecule has 0 spiro atoms. The molecule has 0 N–H and O–H groups in total. The van der Waals surface area contributed by atoms with Gasteiger partial charge in [0, 0.05) is 29.7 Å². The number of aryl methyl sites for hydroxylation is 2. The first-order valence-electron chi connectivity index (χ1n) is 5.11. The summed E-state index contributed by atoms with van der Waals surface area (Å²) in [5, 5.41) is 3.96. The summed E-state index contributed by atoms with van der Waals surface area (Å²) in [6, 6.07) is 4.02. The Kier molecular flexibility index (Phi) is 1.83. The molecule has 4 heteroatoms. The summed E-state index contributed by atoms with van der Waals surface area (Å²) in [4.78, 5) is 4.21.